The molecule has 0 saturated heterocycles. The first kappa shape index (κ1) is 11.2. The molecule has 1 atom stereocenters. The van der Waals surface area contributed by atoms with Crippen LogP contribution in [0.1, 0.15) is 44.8 Å². The second-order valence-electron chi connectivity index (χ2n) is 4.37. The number of furan rings is 1. The third kappa shape index (κ3) is 2.26. The Balaban J connectivity index is 2.25. The molecule has 2 rings (SSSR count). The monoisotopic (exact) mass is 220 g/mol. The minimum Gasteiger partial charge on any atom is -0.461 e. The van der Waals surface area contributed by atoms with Crippen molar-refractivity contribution in [1.82, 2.24) is 0 Å². The minimum atomic E-state index is -0.207. The largest absolute Gasteiger partial charge is 0.461 e. The number of hydrogen-bond donors (Lipinski definition) is 0. The first-order valence-electron chi connectivity index (χ1n) is 5.89. The molecule has 1 aromatic carbocycles. The second kappa shape index (κ2) is 4.69. The molecule has 0 fully saturated rings. The van der Waals surface area contributed by atoms with E-state index in [4.69, 9.17) is 4.42 Å². The van der Waals surface area contributed by atoms with E-state index in [0.29, 0.717) is 5.92 Å². The van der Waals surface area contributed by atoms with Crippen molar-refractivity contribution >= 4 is 11.0 Å². The van der Waals surface area contributed by atoms with Crippen molar-refractivity contribution in [2.75, 3.05) is 0 Å². The average Bonchev–Trinajstić information content (AvgIpc) is 2.68. The standard InChI is InChI=1S/C14H17FO/c1-3-4-5-10(2)14-9-11-8-12(15)6-7-13(11)16-14/h6-10H,3-5H2,1-2H3. The van der Waals surface area contributed by atoms with Crippen LogP contribution in [0.5, 0.6) is 0 Å². The molecule has 0 saturated carbocycles. The summed E-state index contributed by atoms with van der Waals surface area (Å²) in [6, 6.07) is 6.61. The van der Waals surface area contributed by atoms with Gasteiger partial charge >= 0.3 is 0 Å². The Morgan fingerprint density at radius 2 is 2.12 bits per heavy atom. The van der Waals surface area contributed by atoms with Crippen molar-refractivity contribution in [2.45, 2.75) is 39.0 Å². The third-order valence-corrected chi connectivity index (χ3v) is 2.97. The summed E-state index contributed by atoms with van der Waals surface area (Å²) in [6.45, 7) is 4.34. The smallest absolute Gasteiger partial charge is 0.134 e. The van der Waals surface area contributed by atoms with Crippen LogP contribution in [-0.4, -0.2) is 0 Å². The predicted molar refractivity (Wildman–Crippen MR) is 64.1 cm³/mol. The van der Waals surface area contributed by atoms with Gasteiger partial charge in [-0.15, -0.1) is 0 Å². The Morgan fingerprint density at radius 3 is 2.88 bits per heavy atom. The van der Waals surface area contributed by atoms with Crippen LogP contribution in [0, 0.1) is 5.82 Å². The van der Waals surface area contributed by atoms with Crippen molar-refractivity contribution in [3.63, 3.8) is 0 Å². The van der Waals surface area contributed by atoms with E-state index >= 15 is 0 Å². The molecule has 0 radical (unpaired) electrons. The Labute approximate surface area is 95.3 Å². The van der Waals surface area contributed by atoms with Gasteiger partial charge < -0.3 is 4.42 Å². The molecule has 0 amide bonds. The molecule has 1 unspecified atom stereocenters. The van der Waals surface area contributed by atoms with Gasteiger partial charge in [-0.3, -0.25) is 0 Å². The Kier molecular flexibility index (Phi) is 3.28. The molecular formula is C14H17FO. The Hall–Kier alpha value is -1.31. The zero-order chi connectivity index (χ0) is 11.5. The maximum atomic E-state index is 13.0. The number of hydrogen-bond acceptors (Lipinski definition) is 1. The van der Waals surface area contributed by atoms with Crippen LogP contribution in [-0.2, 0) is 0 Å². The number of halogens is 1. The number of fused-ring (bicyclic) bond motifs is 1. The number of rotatable bonds is 4. The molecule has 16 heavy (non-hydrogen) atoms. The lowest BCUT2D eigenvalue weighted by molar-refractivity contribution is 0.479. The molecule has 0 aliphatic carbocycles. The predicted octanol–water partition coefficient (Wildman–Crippen LogP) is 4.87. The van der Waals surface area contributed by atoms with Crippen LogP contribution in [0.4, 0.5) is 4.39 Å². The average molecular weight is 220 g/mol. The summed E-state index contributed by atoms with van der Waals surface area (Å²) in [5.41, 5.74) is 0.778. The summed E-state index contributed by atoms with van der Waals surface area (Å²) >= 11 is 0. The molecule has 0 spiro atoms. The summed E-state index contributed by atoms with van der Waals surface area (Å²) in [7, 11) is 0. The number of benzene rings is 1. The lowest BCUT2D eigenvalue weighted by Crippen LogP contribution is -1.90. The van der Waals surface area contributed by atoms with E-state index in [0.717, 1.165) is 23.2 Å². The topological polar surface area (TPSA) is 13.1 Å². The molecule has 2 heteroatoms. The molecule has 86 valence electrons. The second-order valence-corrected chi connectivity index (χ2v) is 4.37. The van der Waals surface area contributed by atoms with E-state index in [1.165, 1.54) is 25.0 Å². The van der Waals surface area contributed by atoms with Crippen LogP contribution in [0.3, 0.4) is 0 Å². The first-order chi connectivity index (χ1) is 7.70. The van der Waals surface area contributed by atoms with Gasteiger partial charge in [0.15, 0.2) is 0 Å². The van der Waals surface area contributed by atoms with E-state index in [9.17, 15) is 4.39 Å². The van der Waals surface area contributed by atoms with Crippen molar-refractivity contribution < 1.29 is 8.81 Å². The maximum Gasteiger partial charge on any atom is 0.134 e. The summed E-state index contributed by atoms with van der Waals surface area (Å²) in [5, 5.41) is 0.860. The molecular weight excluding hydrogens is 203 g/mol. The molecule has 2 aromatic rings. The highest BCUT2D eigenvalue weighted by Crippen LogP contribution is 2.28. The van der Waals surface area contributed by atoms with Crippen molar-refractivity contribution in [1.29, 1.82) is 0 Å². The molecule has 0 aliphatic heterocycles. The highest BCUT2D eigenvalue weighted by atomic mass is 19.1. The van der Waals surface area contributed by atoms with E-state index in [2.05, 4.69) is 13.8 Å². The van der Waals surface area contributed by atoms with Gasteiger partial charge in [0.25, 0.3) is 0 Å². The fourth-order valence-electron chi connectivity index (χ4n) is 1.93. The zero-order valence-corrected chi connectivity index (χ0v) is 9.79. The third-order valence-electron chi connectivity index (χ3n) is 2.97. The van der Waals surface area contributed by atoms with Crippen molar-refractivity contribution in [3.8, 4) is 0 Å². The van der Waals surface area contributed by atoms with Gasteiger partial charge in [0.05, 0.1) is 0 Å². The maximum absolute atomic E-state index is 13.0. The van der Waals surface area contributed by atoms with E-state index in [1.807, 2.05) is 6.07 Å². The van der Waals surface area contributed by atoms with Gasteiger partial charge in [-0.2, -0.15) is 0 Å². The fraction of sp³-hybridized carbons (Fsp3) is 0.429. The van der Waals surface area contributed by atoms with Gasteiger partial charge in [0.1, 0.15) is 17.2 Å². The van der Waals surface area contributed by atoms with Crippen molar-refractivity contribution in [2.24, 2.45) is 0 Å². The highest BCUT2D eigenvalue weighted by Gasteiger charge is 2.11. The van der Waals surface area contributed by atoms with Gasteiger partial charge in [0.2, 0.25) is 0 Å². The van der Waals surface area contributed by atoms with E-state index < -0.39 is 0 Å². The number of unbranched alkanes of at least 4 members (excludes halogenated alkanes) is 1. The quantitative estimate of drug-likeness (QED) is 0.716. The molecule has 1 aromatic heterocycles. The SMILES string of the molecule is CCCCC(C)c1cc2cc(F)ccc2o1. The van der Waals surface area contributed by atoms with Crippen LogP contribution >= 0.6 is 0 Å². The summed E-state index contributed by atoms with van der Waals surface area (Å²) in [6.07, 6.45) is 3.52. The van der Waals surface area contributed by atoms with Crippen LogP contribution in [0.2, 0.25) is 0 Å². The Bertz CT molecular complexity index is 473. The van der Waals surface area contributed by atoms with Crippen LogP contribution < -0.4 is 0 Å². The van der Waals surface area contributed by atoms with Gasteiger partial charge in [-0.25, -0.2) is 4.39 Å². The van der Waals surface area contributed by atoms with Gasteiger partial charge in [-0.1, -0.05) is 26.7 Å². The molecule has 0 aliphatic rings. The van der Waals surface area contributed by atoms with Crippen LogP contribution in [0.25, 0.3) is 11.0 Å². The molecule has 1 nitrogen and oxygen atoms in total. The van der Waals surface area contributed by atoms with Gasteiger partial charge in [0, 0.05) is 11.3 Å². The first-order valence-corrected chi connectivity index (χ1v) is 5.89. The normalized spacial score (nSPS) is 13.2. The lowest BCUT2D eigenvalue weighted by atomic mass is 10.0. The molecule has 0 bridgehead atoms. The summed E-state index contributed by atoms with van der Waals surface area (Å²) in [5.74, 6) is 1.17. The van der Waals surface area contributed by atoms with Crippen LogP contribution in [0.15, 0.2) is 28.7 Å². The summed E-state index contributed by atoms with van der Waals surface area (Å²) < 4.78 is 18.7. The molecule has 1 heterocycles. The molecule has 0 N–H and O–H groups in total. The minimum absolute atomic E-state index is 0.207. The fourth-order valence-corrected chi connectivity index (χ4v) is 1.93. The van der Waals surface area contributed by atoms with Crippen molar-refractivity contribution in [3.05, 3.63) is 35.8 Å². The van der Waals surface area contributed by atoms with Gasteiger partial charge in [-0.05, 0) is 30.7 Å². The van der Waals surface area contributed by atoms with E-state index in [1.54, 1.807) is 6.07 Å². The highest BCUT2D eigenvalue weighted by molar-refractivity contribution is 5.78. The van der Waals surface area contributed by atoms with E-state index in [-0.39, 0.29) is 5.82 Å². The summed E-state index contributed by atoms with van der Waals surface area (Å²) in [4.78, 5) is 0. The zero-order valence-electron chi connectivity index (χ0n) is 9.79. The lowest BCUT2D eigenvalue weighted by Gasteiger charge is -2.05. The Morgan fingerprint density at radius 1 is 1.31 bits per heavy atom.